The van der Waals surface area contributed by atoms with Crippen LogP contribution >= 0.6 is 0 Å². The van der Waals surface area contributed by atoms with Crippen molar-refractivity contribution in [1.82, 2.24) is 15.1 Å². The summed E-state index contributed by atoms with van der Waals surface area (Å²) in [5.74, 6) is 2.61. The lowest BCUT2D eigenvalue weighted by Crippen LogP contribution is -2.39. The third-order valence-electron chi connectivity index (χ3n) is 5.76. The number of amides is 1. The molecule has 3 aliphatic rings. The predicted octanol–water partition coefficient (Wildman–Crippen LogP) is 1.50. The van der Waals surface area contributed by atoms with E-state index >= 15 is 0 Å². The molecule has 24 heavy (non-hydrogen) atoms. The zero-order valence-electron chi connectivity index (χ0n) is 14.4. The summed E-state index contributed by atoms with van der Waals surface area (Å²) in [7, 11) is 0. The van der Waals surface area contributed by atoms with Crippen LogP contribution in [-0.2, 0) is 9.53 Å². The minimum Gasteiger partial charge on any atom is -0.381 e. The SMILES string of the molecule is Cc1ccc(N2C[C@@H]3COC[C@@H](CC(=O)N4CCCC4)[C@@H]3C2)nn1. The number of nitrogens with zero attached hydrogens (tertiary/aromatic N) is 4. The van der Waals surface area contributed by atoms with E-state index in [9.17, 15) is 4.79 Å². The molecule has 3 aliphatic heterocycles. The lowest BCUT2D eigenvalue weighted by Gasteiger charge is -2.33. The topological polar surface area (TPSA) is 58.6 Å². The maximum absolute atomic E-state index is 12.5. The van der Waals surface area contributed by atoms with Crippen LogP contribution in [0.25, 0.3) is 0 Å². The van der Waals surface area contributed by atoms with Crippen molar-refractivity contribution in [1.29, 1.82) is 0 Å². The highest BCUT2D eigenvalue weighted by molar-refractivity contribution is 5.76. The molecule has 130 valence electrons. The van der Waals surface area contributed by atoms with Gasteiger partial charge in [0.2, 0.25) is 5.91 Å². The smallest absolute Gasteiger partial charge is 0.222 e. The highest BCUT2D eigenvalue weighted by atomic mass is 16.5. The van der Waals surface area contributed by atoms with Gasteiger partial charge in [0.05, 0.1) is 18.9 Å². The second-order valence-corrected chi connectivity index (χ2v) is 7.45. The number of fused-ring (bicyclic) bond motifs is 1. The molecule has 0 N–H and O–H groups in total. The van der Waals surface area contributed by atoms with Gasteiger partial charge in [-0.15, -0.1) is 5.10 Å². The Morgan fingerprint density at radius 3 is 2.79 bits per heavy atom. The maximum Gasteiger partial charge on any atom is 0.222 e. The van der Waals surface area contributed by atoms with Gasteiger partial charge in [-0.05, 0) is 43.7 Å². The molecule has 0 spiro atoms. The standard InChI is InChI=1S/C18H26N4O2/c1-13-4-5-17(20-19-13)22-9-15-12-24-11-14(16(15)10-22)8-18(23)21-6-2-3-7-21/h4-5,14-16H,2-3,6-12H2,1H3/t14-,15-,16+/m1/s1. The van der Waals surface area contributed by atoms with Crippen molar-refractivity contribution in [3.8, 4) is 0 Å². The Labute approximate surface area is 143 Å². The molecule has 6 nitrogen and oxygen atoms in total. The van der Waals surface area contributed by atoms with Gasteiger partial charge >= 0.3 is 0 Å². The fraction of sp³-hybridized carbons (Fsp3) is 0.722. The van der Waals surface area contributed by atoms with Gasteiger partial charge in [0.25, 0.3) is 0 Å². The summed E-state index contributed by atoms with van der Waals surface area (Å²) >= 11 is 0. The van der Waals surface area contributed by atoms with Gasteiger partial charge in [-0.25, -0.2) is 0 Å². The lowest BCUT2D eigenvalue weighted by molar-refractivity contribution is -0.133. The second-order valence-electron chi connectivity index (χ2n) is 7.45. The Hall–Kier alpha value is -1.69. The minimum absolute atomic E-state index is 0.315. The van der Waals surface area contributed by atoms with Gasteiger partial charge in [0.15, 0.2) is 5.82 Å². The second kappa shape index (κ2) is 6.67. The van der Waals surface area contributed by atoms with Gasteiger partial charge in [0, 0.05) is 38.5 Å². The van der Waals surface area contributed by atoms with E-state index in [1.807, 2.05) is 24.0 Å². The van der Waals surface area contributed by atoms with Crippen LogP contribution in [0, 0.1) is 24.7 Å². The molecule has 3 fully saturated rings. The first kappa shape index (κ1) is 15.8. The van der Waals surface area contributed by atoms with E-state index in [1.54, 1.807) is 0 Å². The molecule has 0 aromatic carbocycles. The van der Waals surface area contributed by atoms with Crippen molar-refractivity contribution in [2.24, 2.45) is 17.8 Å². The number of carbonyl (C=O) groups is 1. The molecule has 4 heterocycles. The summed E-state index contributed by atoms with van der Waals surface area (Å²) in [6.45, 7) is 7.26. The van der Waals surface area contributed by atoms with E-state index in [1.165, 1.54) is 0 Å². The van der Waals surface area contributed by atoms with E-state index in [2.05, 4.69) is 15.1 Å². The van der Waals surface area contributed by atoms with Crippen molar-refractivity contribution >= 4 is 11.7 Å². The molecule has 0 radical (unpaired) electrons. The van der Waals surface area contributed by atoms with Crippen LogP contribution in [0.2, 0.25) is 0 Å². The molecule has 1 aromatic heterocycles. The molecule has 3 atom stereocenters. The monoisotopic (exact) mass is 330 g/mol. The largest absolute Gasteiger partial charge is 0.381 e. The number of likely N-dealkylation sites (tertiary alicyclic amines) is 1. The summed E-state index contributed by atoms with van der Waals surface area (Å²) in [6.07, 6.45) is 2.94. The average molecular weight is 330 g/mol. The molecule has 1 aromatic rings. The maximum atomic E-state index is 12.5. The first-order valence-corrected chi connectivity index (χ1v) is 9.11. The Kier molecular flexibility index (Phi) is 4.39. The molecule has 0 aliphatic carbocycles. The third-order valence-corrected chi connectivity index (χ3v) is 5.76. The van der Waals surface area contributed by atoms with Crippen LogP contribution in [0.4, 0.5) is 5.82 Å². The molecule has 1 amide bonds. The third kappa shape index (κ3) is 3.11. The molecule has 0 unspecified atom stereocenters. The highest BCUT2D eigenvalue weighted by Gasteiger charge is 2.42. The quantitative estimate of drug-likeness (QED) is 0.840. The van der Waals surface area contributed by atoms with Crippen LogP contribution in [0.3, 0.4) is 0 Å². The summed E-state index contributed by atoms with van der Waals surface area (Å²) in [5, 5.41) is 8.50. The zero-order chi connectivity index (χ0) is 16.5. The first-order chi connectivity index (χ1) is 11.7. The Balaban J connectivity index is 1.42. The Bertz CT molecular complexity index is 585. The number of hydrogen-bond donors (Lipinski definition) is 0. The zero-order valence-corrected chi connectivity index (χ0v) is 14.4. The van der Waals surface area contributed by atoms with E-state index in [4.69, 9.17) is 4.74 Å². The summed E-state index contributed by atoms with van der Waals surface area (Å²) in [5.41, 5.74) is 0.938. The Morgan fingerprint density at radius 1 is 1.21 bits per heavy atom. The summed E-state index contributed by atoms with van der Waals surface area (Å²) in [4.78, 5) is 16.9. The minimum atomic E-state index is 0.315. The van der Waals surface area contributed by atoms with Gasteiger partial charge in [-0.3, -0.25) is 4.79 Å². The van der Waals surface area contributed by atoms with Crippen molar-refractivity contribution in [2.75, 3.05) is 44.3 Å². The molecule has 0 saturated carbocycles. The molecule has 3 saturated heterocycles. The molecular weight excluding hydrogens is 304 g/mol. The van der Waals surface area contributed by atoms with Gasteiger partial charge in [0.1, 0.15) is 0 Å². The van der Waals surface area contributed by atoms with Crippen LogP contribution in [0.1, 0.15) is 25.0 Å². The van der Waals surface area contributed by atoms with Crippen LogP contribution in [0.15, 0.2) is 12.1 Å². The molecule has 0 bridgehead atoms. The van der Waals surface area contributed by atoms with Crippen LogP contribution in [0.5, 0.6) is 0 Å². The van der Waals surface area contributed by atoms with E-state index < -0.39 is 0 Å². The molecule has 6 heteroatoms. The number of aromatic nitrogens is 2. The molecule has 4 rings (SSSR count). The van der Waals surface area contributed by atoms with Crippen molar-refractivity contribution in [3.63, 3.8) is 0 Å². The highest BCUT2D eigenvalue weighted by Crippen LogP contribution is 2.37. The number of ether oxygens (including phenoxy) is 1. The van der Waals surface area contributed by atoms with Crippen molar-refractivity contribution in [2.45, 2.75) is 26.2 Å². The fourth-order valence-corrected chi connectivity index (χ4v) is 4.38. The van der Waals surface area contributed by atoms with E-state index in [0.717, 1.165) is 57.1 Å². The number of carbonyl (C=O) groups excluding carboxylic acids is 1. The van der Waals surface area contributed by atoms with Crippen LogP contribution < -0.4 is 4.90 Å². The fourth-order valence-electron chi connectivity index (χ4n) is 4.38. The van der Waals surface area contributed by atoms with E-state index in [-0.39, 0.29) is 0 Å². The summed E-state index contributed by atoms with van der Waals surface area (Å²) in [6, 6.07) is 4.06. The predicted molar refractivity (Wildman–Crippen MR) is 90.7 cm³/mol. The van der Waals surface area contributed by atoms with Crippen molar-refractivity contribution < 1.29 is 9.53 Å². The lowest BCUT2D eigenvalue weighted by atomic mass is 9.81. The van der Waals surface area contributed by atoms with Crippen LogP contribution in [-0.4, -0.2) is 60.4 Å². The normalized spacial score (nSPS) is 29.8. The van der Waals surface area contributed by atoms with Crippen molar-refractivity contribution in [3.05, 3.63) is 17.8 Å². The van der Waals surface area contributed by atoms with Gasteiger partial charge < -0.3 is 14.5 Å². The van der Waals surface area contributed by atoms with E-state index in [0.29, 0.717) is 36.7 Å². The number of rotatable bonds is 3. The Morgan fingerprint density at radius 2 is 2.04 bits per heavy atom. The first-order valence-electron chi connectivity index (χ1n) is 9.11. The summed E-state index contributed by atoms with van der Waals surface area (Å²) < 4.78 is 5.83. The van der Waals surface area contributed by atoms with Gasteiger partial charge in [-0.2, -0.15) is 5.10 Å². The number of anilines is 1. The number of aryl methyl sites for hydroxylation is 1. The van der Waals surface area contributed by atoms with Gasteiger partial charge in [-0.1, -0.05) is 0 Å². The average Bonchev–Trinajstić information content (AvgIpc) is 3.25. The number of hydrogen-bond acceptors (Lipinski definition) is 5. The molecular formula is C18H26N4O2.